The number of rotatable bonds is 4. The second kappa shape index (κ2) is 5.63. The molecule has 0 bridgehead atoms. The molecule has 0 spiro atoms. The highest BCUT2D eigenvalue weighted by Crippen LogP contribution is 2.26. The van der Waals surface area contributed by atoms with Crippen LogP contribution in [0.1, 0.15) is 11.6 Å². The number of carboxylic acids is 1. The normalized spacial score (nSPS) is 12.0. The van der Waals surface area contributed by atoms with Crippen molar-refractivity contribution in [3.8, 4) is 0 Å². The van der Waals surface area contributed by atoms with Gasteiger partial charge in [0.25, 0.3) is 0 Å². The topological polar surface area (TPSA) is 62.2 Å². The molecular formula is C17H14N2O2. The average Bonchev–Trinajstić information content (AvgIpc) is 2.53. The van der Waals surface area contributed by atoms with E-state index in [0.29, 0.717) is 5.56 Å². The Hall–Kier alpha value is -2.88. The molecule has 1 heterocycles. The van der Waals surface area contributed by atoms with Gasteiger partial charge in [0.15, 0.2) is 6.04 Å². The molecule has 2 aromatic carbocycles. The van der Waals surface area contributed by atoms with Gasteiger partial charge < -0.3 is 10.4 Å². The van der Waals surface area contributed by atoms with Crippen molar-refractivity contribution in [3.05, 3.63) is 72.4 Å². The minimum atomic E-state index is -0.915. The molecule has 1 aromatic heterocycles. The van der Waals surface area contributed by atoms with Crippen LogP contribution in [0.25, 0.3) is 10.9 Å². The summed E-state index contributed by atoms with van der Waals surface area (Å²) in [6.45, 7) is 0. The van der Waals surface area contributed by atoms with Gasteiger partial charge >= 0.3 is 5.97 Å². The lowest BCUT2D eigenvalue weighted by Crippen LogP contribution is -2.20. The monoisotopic (exact) mass is 278 g/mol. The number of fused-ring (bicyclic) bond motifs is 1. The highest BCUT2D eigenvalue weighted by molar-refractivity contribution is 5.92. The molecule has 104 valence electrons. The average molecular weight is 278 g/mol. The highest BCUT2D eigenvalue weighted by atomic mass is 16.4. The maximum atomic E-state index is 11.6. The zero-order valence-electron chi connectivity index (χ0n) is 11.2. The molecule has 1 unspecified atom stereocenters. The third-order valence-electron chi connectivity index (χ3n) is 3.33. The lowest BCUT2D eigenvalue weighted by molar-refractivity contribution is -0.138. The lowest BCUT2D eigenvalue weighted by Gasteiger charge is -2.17. The fraction of sp³-hybridized carbons (Fsp3) is 0.0588. The van der Waals surface area contributed by atoms with Crippen molar-refractivity contribution in [2.24, 2.45) is 0 Å². The van der Waals surface area contributed by atoms with E-state index in [0.717, 1.165) is 16.6 Å². The van der Waals surface area contributed by atoms with Crippen LogP contribution in [0, 0.1) is 0 Å². The summed E-state index contributed by atoms with van der Waals surface area (Å²) in [7, 11) is 0. The predicted octanol–water partition coefficient (Wildman–Crippen LogP) is 3.47. The molecule has 0 amide bonds. The summed E-state index contributed by atoms with van der Waals surface area (Å²) >= 11 is 0. The molecule has 0 saturated heterocycles. The Morgan fingerprint density at radius 2 is 1.71 bits per heavy atom. The van der Waals surface area contributed by atoms with E-state index in [9.17, 15) is 9.90 Å². The summed E-state index contributed by atoms with van der Waals surface area (Å²) in [5, 5.41) is 13.5. The Bertz CT molecular complexity index is 767. The Kier molecular flexibility index (Phi) is 3.51. The number of nitrogens with zero attached hydrogens (tertiary/aromatic N) is 1. The van der Waals surface area contributed by atoms with E-state index in [-0.39, 0.29) is 0 Å². The van der Waals surface area contributed by atoms with Crippen molar-refractivity contribution >= 4 is 22.6 Å². The zero-order chi connectivity index (χ0) is 14.7. The summed E-state index contributed by atoms with van der Waals surface area (Å²) in [6.07, 6.45) is 1.68. The second-order valence-electron chi connectivity index (χ2n) is 4.70. The third-order valence-corrected chi connectivity index (χ3v) is 3.33. The number of carboxylic acid groups (broad SMARTS) is 1. The van der Waals surface area contributed by atoms with E-state index in [4.69, 9.17) is 0 Å². The minimum Gasteiger partial charge on any atom is -0.479 e. The van der Waals surface area contributed by atoms with Crippen LogP contribution >= 0.6 is 0 Å². The molecule has 21 heavy (non-hydrogen) atoms. The molecule has 3 rings (SSSR count). The van der Waals surface area contributed by atoms with Gasteiger partial charge in [-0.15, -0.1) is 0 Å². The Morgan fingerprint density at radius 1 is 1.00 bits per heavy atom. The van der Waals surface area contributed by atoms with Crippen molar-refractivity contribution in [2.75, 3.05) is 5.32 Å². The summed E-state index contributed by atoms with van der Waals surface area (Å²) in [5.41, 5.74) is 2.31. The van der Waals surface area contributed by atoms with Gasteiger partial charge in [-0.25, -0.2) is 4.79 Å². The van der Waals surface area contributed by atoms with Gasteiger partial charge in [-0.3, -0.25) is 4.98 Å². The van der Waals surface area contributed by atoms with E-state index in [2.05, 4.69) is 10.3 Å². The van der Waals surface area contributed by atoms with Crippen LogP contribution in [0.5, 0.6) is 0 Å². The second-order valence-corrected chi connectivity index (χ2v) is 4.70. The lowest BCUT2D eigenvalue weighted by atomic mass is 10.1. The SMILES string of the molecule is O=C(O)C(Nc1ccnc2ccccc12)c1ccccc1. The first-order valence-electron chi connectivity index (χ1n) is 6.64. The maximum Gasteiger partial charge on any atom is 0.330 e. The van der Waals surface area contributed by atoms with E-state index in [1.165, 1.54) is 0 Å². The van der Waals surface area contributed by atoms with Crippen LogP contribution in [0.15, 0.2) is 66.9 Å². The molecule has 0 fully saturated rings. The number of para-hydroxylation sites is 1. The number of nitrogens with one attached hydrogen (secondary N) is 1. The van der Waals surface area contributed by atoms with Crippen LogP contribution in [-0.4, -0.2) is 16.1 Å². The first-order chi connectivity index (χ1) is 10.3. The molecule has 4 nitrogen and oxygen atoms in total. The fourth-order valence-corrected chi connectivity index (χ4v) is 2.31. The van der Waals surface area contributed by atoms with Crippen LogP contribution < -0.4 is 5.32 Å². The standard InChI is InChI=1S/C17H14N2O2/c20-17(21)16(12-6-2-1-3-7-12)19-15-10-11-18-14-9-5-4-8-13(14)15/h1-11,16H,(H,18,19)(H,20,21). The smallest absolute Gasteiger partial charge is 0.330 e. The van der Waals surface area contributed by atoms with E-state index >= 15 is 0 Å². The van der Waals surface area contributed by atoms with Gasteiger partial charge in [0.2, 0.25) is 0 Å². The molecule has 4 heteroatoms. The van der Waals surface area contributed by atoms with Crippen LogP contribution in [0.2, 0.25) is 0 Å². The third kappa shape index (κ3) is 2.69. The Morgan fingerprint density at radius 3 is 2.48 bits per heavy atom. The summed E-state index contributed by atoms with van der Waals surface area (Å²) < 4.78 is 0. The summed E-state index contributed by atoms with van der Waals surface area (Å²) in [6, 6.07) is 17.8. The molecule has 0 aliphatic rings. The largest absolute Gasteiger partial charge is 0.479 e. The van der Waals surface area contributed by atoms with Gasteiger partial charge in [0.05, 0.1) is 5.52 Å². The molecule has 0 saturated carbocycles. The maximum absolute atomic E-state index is 11.6. The fourth-order valence-electron chi connectivity index (χ4n) is 2.31. The van der Waals surface area contributed by atoms with Crippen LogP contribution in [0.4, 0.5) is 5.69 Å². The molecule has 2 N–H and O–H groups in total. The number of aliphatic carboxylic acids is 1. The number of benzene rings is 2. The molecule has 0 aliphatic heterocycles. The van der Waals surface area contributed by atoms with Crippen LogP contribution in [-0.2, 0) is 4.79 Å². The first kappa shape index (κ1) is 13.1. The number of aromatic nitrogens is 1. The molecular weight excluding hydrogens is 264 g/mol. The quantitative estimate of drug-likeness (QED) is 0.767. The van der Waals surface area contributed by atoms with Gasteiger partial charge in [0, 0.05) is 17.3 Å². The van der Waals surface area contributed by atoms with Crippen molar-refractivity contribution in [1.82, 2.24) is 4.98 Å². The summed E-state index contributed by atoms with van der Waals surface area (Å²) in [5.74, 6) is -0.915. The summed E-state index contributed by atoms with van der Waals surface area (Å²) in [4.78, 5) is 15.8. The molecule has 0 aliphatic carbocycles. The number of hydrogen-bond acceptors (Lipinski definition) is 3. The van der Waals surface area contributed by atoms with Gasteiger partial charge in [-0.2, -0.15) is 0 Å². The van der Waals surface area contributed by atoms with Gasteiger partial charge in [-0.1, -0.05) is 48.5 Å². The number of pyridine rings is 1. The predicted molar refractivity (Wildman–Crippen MR) is 82.2 cm³/mol. The van der Waals surface area contributed by atoms with Crippen molar-refractivity contribution < 1.29 is 9.90 Å². The van der Waals surface area contributed by atoms with Crippen molar-refractivity contribution in [3.63, 3.8) is 0 Å². The zero-order valence-corrected chi connectivity index (χ0v) is 11.2. The van der Waals surface area contributed by atoms with Crippen molar-refractivity contribution in [2.45, 2.75) is 6.04 Å². The van der Waals surface area contributed by atoms with E-state index < -0.39 is 12.0 Å². The minimum absolute atomic E-state index is 0.714. The van der Waals surface area contributed by atoms with E-state index in [1.807, 2.05) is 42.5 Å². The molecule has 0 radical (unpaired) electrons. The first-order valence-corrected chi connectivity index (χ1v) is 6.64. The molecule has 1 atom stereocenters. The molecule has 3 aromatic rings. The Balaban J connectivity index is 2.01. The van der Waals surface area contributed by atoms with Gasteiger partial charge in [0.1, 0.15) is 0 Å². The number of anilines is 1. The number of hydrogen-bond donors (Lipinski definition) is 2. The Labute approximate surface area is 122 Å². The van der Waals surface area contributed by atoms with Gasteiger partial charge in [-0.05, 0) is 17.7 Å². The number of carbonyl (C=O) groups is 1. The highest BCUT2D eigenvalue weighted by Gasteiger charge is 2.20. The van der Waals surface area contributed by atoms with E-state index in [1.54, 1.807) is 24.4 Å². The van der Waals surface area contributed by atoms with Crippen LogP contribution in [0.3, 0.4) is 0 Å². The van der Waals surface area contributed by atoms with Crippen molar-refractivity contribution in [1.29, 1.82) is 0 Å².